The van der Waals surface area contributed by atoms with Gasteiger partial charge >= 0.3 is 0 Å². The Morgan fingerprint density at radius 1 is 1.27 bits per heavy atom. The molecule has 0 radical (unpaired) electrons. The van der Waals surface area contributed by atoms with Crippen molar-refractivity contribution < 1.29 is 14.4 Å². The quantitative estimate of drug-likeness (QED) is 0.438. The fraction of sp³-hybridized carbons (Fsp3) is 0.833. The summed E-state index contributed by atoms with van der Waals surface area (Å²) in [6.45, 7) is 0. The van der Waals surface area contributed by atoms with E-state index in [1.807, 2.05) is 0 Å². The van der Waals surface area contributed by atoms with Crippen LogP contribution in [0.5, 0.6) is 0 Å². The van der Waals surface area contributed by atoms with Gasteiger partial charge in [0.1, 0.15) is 4.84 Å². The third-order valence-electron chi connectivity index (χ3n) is 0.178. The molecule has 68 valence electrons. The summed E-state index contributed by atoms with van der Waals surface area (Å²) in [4.78, 5) is 7.93. The summed E-state index contributed by atoms with van der Waals surface area (Å²) < 4.78 is 1.00. The second-order valence-corrected chi connectivity index (χ2v) is 4.40. The largest absolute Gasteiger partial charge is 0.547 e. The smallest absolute Gasteiger partial charge is 0.146 e. The van der Waals surface area contributed by atoms with E-state index in [0.29, 0.717) is 0 Å². The van der Waals surface area contributed by atoms with Gasteiger partial charge in [0.2, 0.25) is 0 Å². The Bertz CT molecular complexity index is 114. The van der Waals surface area contributed by atoms with E-state index in [-0.39, 0.29) is 0 Å². The number of alkyl halides is 2. The number of carbonyl (C=O) groups excluding carboxylic acids is 1. The van der Waals surface area contributed by atoms with E-state index in [1.165, 1.54) is 0 Å². The fourth-order valence-corrected chi connectivity index (χ4v) is 0. The lowest BCUT2D eigenvalue weighted by Gasteiger charge is -2.14. The average molecular weight is 202 g/mol. The van der Waals surface area contributed by atoms with E-state index in [9.17, 15) is 9.90 Å². The van der Waals surface area contributed by atoms with E-state index in [0.717, 1.165) is 4.48 Å². The Kier molecular flexibility index (Phi) is 6.96. The molecule has 0 saturated carbocycles. The minimum Gasteiger partial charge on any atom is -0.547 e. The molecule has 0 amide bonds. The van der Waals surface area contributed by atoms with Gasteiger partial charge in [-0.15, -0.1) is 0 Å². The van der Waals surface area contributed by atoms with Crippen molar-refractivity contribution in [1.29, 1.82) is 0 Å². The van der Waals surface area contributed by atoms with Crippen LogP contribution in [0.25, 0.3) is 0 Å². The summed E-state index contributed by atoms with van der Waals surface area (Å²) >= 11 is 9.43. The molecule has 0 spiro atoms. The van der Waals surface area contributed by atoms with Gasteiger partial charge in [0.05, 0.1) is 34.2 Å². The standard InChI is InChI=1S/C4H12N.C2H2Cl2O2/c1-5(2,3)4;3-1(4)2(5)6/h1-4H3;1H,(H,5,6)/q+1;/p-1. The van der Waals surface area contributed by atoms with Crippen LogP contribution in [0.3, 0.4) is 0 Å². The molecule has 0 aliphatic rings. The molecular formula is C6H13Cl2NO2. The van der Waals surface area contributed by atoms with Crippen molar-refractivity contribution in [3.05, 3.63) is 0 Å². The van der Waals surface area contributed by atoms with E-state index < -0.39 is 10.8 Å². The molecule has 0 saturated heterocycles. The van der Waals surface area contributed by atoms with E-state index in [4.69, 9.17) is 23.2 Å². The van der Waals surface area contributed by atoms with Crippen LogP contribution in [0.1, 0.15) is 0 Å². The molecule has 5 heteroatoms. The topological polar surface area (TPSA) is 40.1 Å². The number of carboxylic acids is 1. The van der Waals surface area contributed by atoms with Crippen LogP contribution in [-0.4, -0.2) is 43.5 Å². The molecule has 0 unspecified atom stereocenters. The molecule has 0 N–H and O–H groups in total. The fourth-order valence-electron chi connectivity index (χ4n) is 0. The Balaban J connectivity index is 0. The minimum atomic E-state index is -1.46. The van der Waals surface area contributed by atoms with Crippen molar-refractivity contribution in [2.75, 3.05) is 28.2 Å². The van der Waals surface area contributed by atoms with Gasteiger partial charge in [0, 0.05) is 0 Å². The highest BCUT2D eigenvalue weighted by molar-refractivity contribution is 6.52. The molecule has 0 aromatic heterocycles. The lowest BCUT2D eigenvalue weighted by Crippen LogP contribution is -2.28. The van der Waals surface area contributed by atoms with Crippen LogP contribution in [0.2, 0.25) is 0 Å². The molecular weight excluding hydrogens is 189 g/mol. The summed E-state index contributed by atoms with van der Waals surface area (Å²) in [6.07, 6.45) is 0. The number of rotatable bonds is 1. The molecule has 0 aromatic rings. The zero-order valence-corrected chi connectivity index (χ0v) is 8.61. The first kappa shape index (κ1) is 13.6. The van der Waals surface area contributed by atoms with Gasteiger partial charge < -0.3 is 14.4 Å². The van der Waals surface area contributed by atoms with Crippen LogP contribution >= 0.6 is 23.2 Å². The predicted octanol–water partition coefficient (Wildman–Crippen LogP) is -0.138. The average Bonchev–Trinajstić information content (AvgIpc) is 1.59. The number of hydrogen-bond acceptors (Lipinski definition) is 2. The molecule has 0 aromatic carbocycles. The third-order valence-corrected chi connectivity index (χ3v) is 0.535. The van der Waals surface area contributed by atoms with Gasteiger partial charge in [-0.2, -0.15) is 0 Å². The predicted molar refractivity (Wildman–Crippen MR) is 44.5 cm³/mol. The summed E-state index contributed by atoms with van der Waals surface area (Å²) in [6, 6.07) is 0. The normalized spacial score (nSPS) is 10.5. The van der Waals surface area contributed by atoms with Crippen molar-refractivity contribution >= 4 is 29.2 Å². The SMILES string of the molecule is C[N+](C)(C)C.O=C([O-])C(Cl)Cl. The van der Waals surface area contributed by atoms with Crippen molar-refractivity contribution in [2.24, 2.45) is 0 Å². The first-order chi connectivity index (χ1) is 4.64. The molecule has 3 nitrogen and oxygen atoms in total. The van der Waals surface area contributed by atoms with Gasteiger partial charge in [-0.3, -0.25) is 0 Å². The van der Waals surface area contributed by atoms with Crippen LogP contribution in [0.4, 0.5) is 0 Å². The van der Waals surface area contributed by atoms with Crippen molar-refractivity contribution in [3.63, 3.8) is 0 Å². The number of hydrogen-bond donors (Lipinski definition) is 0. The van der Waals surface area contributed by atoms with Gasteiger partial charge in [0.25, 0.3) is 0 Å². The Hall–Kier alpha value is 0.01000. The highest BCUT2D eigenvalue weighted by Gasteiger charge is 1.93. The third kappa shape index (κ3) is 39.9. The van der Waals surface area contributed by atoms with E-state index >= 15 is 0 Å². The lowest BCUT2D eigenvalue weighted by molar-refractivity contribution is -0.849. The van der Waals surface area contributed by atoms with Crippen molar-refractivity contribution in [3.8, 4) is 0 Å². The number of carbonyl (C=O) groups is 1. The molecule has 11 heavy (non-hydrogen) atoms. The van der Waals surface area contributed by atoms with Crippen LogP contribution in [0, 0.1) is 0 Å². The van der Waals surface area contributed by atoms with Crippen molar-refractivity contribution in [1.82, 2.24) is 0 Å². The maximum absolute atomic E-state index is 9.32. The highest BCUT2D eigenvalue weighted by atomic mass is 35.5. The van der Waals surface area contributed by atoms with Gasteiger partial charge in [0.15, 0.2) is 0 Å². The molecule has 0 bridgehead atoms. The molecule has 0 fully saturated rings. The molecule has 0 rings (SSSR count). The van der Waals surface area contributed by atoms with Gasteiger partial charge in [-0.25, -0.2) is 0 Å². The summed E-state index contributed by atoms with van der Waals surface area (Å²) in [5, 5.41) is 9.32. The van der Waals surface area contributed by atoms with Crippen LogP contribution in [0.15, 0.2) is 0 Å². The van der Waals surface area contributed by atoms with Crippen molar-refractivity contribution in [2.45, 2.75) is 4.84 Å². The Morgan fingerprint density at radius 3 is 1.36 bits per heavy atom. The maximum Gasteiger partial charge on any atom is 0.146 e. The Morgan fingerprint density at radius 2 is 1.36 bits per heavy atom. The number of aliphatic carboxylic acids is 1. The first-order valence-corrected chi connectivity index (χ1v) is 3.80. The zero-order valence-electron chi connectivity index (χ0n) is 7.10. The summed E-state index contributed by atoms with van der Waals surface area (Å²) in [7, 11) is 8.50. The number of carboxylic acid groups (broad SMARTS) is 1. The second-order valence-electron chi connectivity index (χ2n) is 3.30. The maximum atomic E-state index is 9.32. The first-order valence-electron chi connectivity index (χ1n) is 2.92. The summed E-state index contributed by atoms with van der Waals surface area (Å²) in [5.74, 6) is -1.46. The molecule has 0 aliphatic carbocycles. The summed E-state index contributed by atoms with van der Waals surface area (Å²) in [5.41, 5.74) is 0. The number of nitrogens with zero attached hydrogens (tertiary/aromatic N) is 1. The van der Waals surface area contributed by atoms with Gasteiger partial charge in [-0.1, -0.05) is 23.2 Å². The lowest BCUT2D eigenvalue weighted by atomic mass is 10.8. The second kappa shape index (κ2) is 5.63. The molecule has 0 aliphatic heterocycles. The highest BCUT2D eigenvalue weighted by Crippen LogP contribution is 1.96. The van der Waals surface area contributed by atoms with Crippen LogP contribution < -0.4 is 5.11 Å². The minimum absolute atomic E-state index is 1.00. The van der Waals surface area contributed by atoms with E-state index in [1.54, 1.807) is 0 Å². The number of quaternary nitrogens is 1. The number of halogens is 2. The monoisotopic (exact) mass is 201 g/mol. The van der Waals surface area contributed by atoms with Gasteiger partial charge in [-0.05, 0) is 0 Å². The molecule has 0 atom stereocenters. The molecule has 0 heterocycles. The Labute approximate surface area is 77.1 Å². The van der Waals surface area contributed by atoms with Crippen LogP contribution in [-0.2, 0) is 4.79 Å². The zero-order chi connectivity index (χ0) is 9.65. The van der Waals surface area contributed by atoms with E-state index in [2.05, 4.69) is 28.2 Å².